The topological polar surface area (TPSA) is 90.1 Å². The fourth-order valence-corrected chi connectivity index (χ4v) is 2.38. The van der Waals surface area contributed by atoms with E-state index in [0.29, 0.717) is 29.7 Å². The number of anilines is 1. The van der Waals surface area contributed by atoms with Crippen molar-refractivity contribution < 1.29 is 14.1 Å². The van der Waals surface area contributed by atoms with E-state index in [-0.39, 0.29) is 12.3 Å². The Balaban J connectivity index is 1.54. The summed E-state index contributed by atoms with van der Waals surface area (Å²) in [5.41, 5.74) is 2.76. The van der Waals surface area contributed by atoms with Gasteiger partial charge in [-0.15, -0.1) is 0 Å². The Morgan fingerprint density at radius 2 is 2.00 bits per heavy atom. The summed E-state index contributed by atoms with van der Waals surface area (Å²) in [6, 6.07) is 11.4. The minimum absolute atomic E-state index is 0.149. The first-order valence-electron chi connectivity index (χ1n) is 8.39. The summed E-state index contributed by atoms with van der Waals surface area (Å²) < 4.78 is 10.2. The second-order valence-electron chi connectivity index (χ2n) is 5.70. The van der Waals surface area contributed by atoms with E-state index in [9.17, 15) is 4.79 Å². The van der Waals surface area contributed by atoms with Gasteiger partial charge in [-0.1, -0.05) is 36.3 Å². The largest absolute Gasteiger partial charge is 0.481 e. The molecule has 3 aromatic rings. The fourth-order valence-electron chi connectivity index (χ4n) is 2.38. The SMILES string of the molecule is CCc1ccc(-c2noc(CCC(=O)Nc3ccc(OC)nc3)n2)cc1. The van der Waals surface area contributed by atoms with E-state index >= 15 is 0 Å². The van der Waals surface area contributed by atoms with Gasteiger partial charge in [0.05, 0.1) is 19.0 Å². The number of nitrogens with one attached hydrogen (secondary N) is 1. The first-order chi connectivity index (χ1) is 12.7. The molecule has 0 aliphatic heterocycles. The molecule has 0 atom stereocenters. The Morgan fingerprint density at radius 3 is 2.65 bits per heavy atom. The number of aryl methyl sites for hydroxylation is 2. The highest BCUT2D eigenvalue weighted by Crippen LogP contribution is 2.17. The highest BCUT2D eigenvalue weighted by molar-refractivity contribution is 5.90. The summed E-state index contributed by atoms with van der Waals surface area (Å²) in [5.74, 6) is 1.31. The minimum Gasteiger partial charge on any atom is -0.481 e. The van der Waals surface area contributed by atoms with Crippen LogP contribution in [-0.4, -0.2) is 28.1 Å². The molecule has 3 rings (SSSR count). The average molecular weight is 352 g/mol. The standard InChI is InChI=1S/C19H20N4O3/c1-3-13-4-6-14(7-5-13)19-22-18(26-23-19)11-9-16(24)21-15-8-10-17(25-2)20-12-15/h4-8,10,12H,3,9,11H2,1-2H3,(H,21,24). The van der Waals surface area contributed by atoms with Gasteiger partial charge in [0.25, 0.3) is 0 Å². The van der Waals surface area contributed by atoms with Crippen LogP contribution in [-0.2, 0) is 17.6 Å². The van der Waals surface area contributed by atoms with Crippen LogP contribution >= 0.6 is 0 Å². The molecule has 0 aliphatic rings. The summed E-state index contributed by atoms with van der Waals surface area (Å²) in [5, 5.41) is 6.75. The minimum atomic E-state index is -0.149. The first kappa shape index (κ1) is 17.6. The van der Waals surface area contributed by atoms with Gasteiger partial charge >= 0.3 is 0 Å². The van der Waals surface area contributed by atoms with E-state index in [0.717, 1.165) is 12.0 Å². The molecule has 0 aliphatic carbocycles. The molecule has 134 valence electrons. The molecule has 0 radical (unpaired) electrons. The number of amides is 1. The lowest BCUT2D eigenvalue weighted by Gasteiger charge is -2.04. The second-order valence-corrected chi connectivity index (χ2v) is 5.70. The zero-order valence-corrected chi connectivity index (χ0v) is 14.7. The number of rotatable bonds is 7. The van der Waals surface area contributed by atoms with Gasteiger partial charge in [0.1, 0.15) is 0 Å². The normalized spacial score (nSPS) is 10.5. The van der Waals surface area contributed by atoms with Gasteiger partial charge in [0, 0.05) is 24.5 Å². The maximum absolute atomic E-state index is 12.0. The van der Waals surface area contributed by atoms with Crippen LogP contribution in [0.2, 0.25) is 0 Å². The van der Waals surface area contributed by atoms with Gasteiger partial charge < -0.3 is 14.6 Å². The van der Waals surface area contributed by atoms with E-state index in [2.05, 4.69) is 27.4 Å². The zero-order chi connectivity index (χ0) is 18.4. The number of hydrogen-bond donors (Lipinski definition) is 1. The Bertz CT molecular complexity index is 857. The Labute approximate surface area is 151 Å². The van der Waals surface area contributed by atoms with Gasteiger partial charge in [-0.3, -0.25) is 4.79 Å². The van der Waals surface area contributed by atoms with Crippen molar-refractivity contribution in [1.29, 1.82) is 0 Å². The van der Waals surface area contributed by atoms with Gasteiger partial charge in [-0.2, -0.15) is 4.98 Å². The number of pyridine rings is 1. The predicted molar refractivity (Wildman–Crippen MR) is 96.9 cm³/mol. The molecule has 0 unspecified atom stereocenters. The van der Waals surface area contributed by atoms with Gasteiger partial charge in [0.15, 0.2) is 0 Å². The number of carbonyl (C=O) groups excluding carboxylic acids is 1. The van der Waals surface area contributed by atoms with Gasteiger partial charge in [0.2, 0.25) is 23.5 Å². The molecule has 1 amide bonds. The number of nitrogens with zero attached hydrogens (tertiary/aromatic N) is 3. The van der Waals surface area contributed by atoms with Crippen LogP contribution in [0.1, 0.15) is 24.8 Å². The number of benzene rings is 1. The van der Waals surface area contributed by atoms with Crippen LogP contribution in [0.5, 0.6) is 5.88 Å². The van der Waals surface area contributed by atoms with Crippen LogP contribution in [0.4, 0.5) is 5.69 Å². The lowest BCUT2D eigenvalue weighted by atomic mass is 10.1. The van der Waals surface area contributed by atoms with Crippen molar-refractivity contribution in [2.75, 3.05) is 12.4 Å². The van der Waals surface area contributed by atoms with Crippen LogP contribution in [0, 0.1) is 0 Å². The molecule has 0 saturated heterocycles. The summed E-state index contributed by atoms with van der Waals surface area (Å²) in [7, 11) is 1.54. The molecule has 26 heavy (non-hydrogen) atoms. The summed E-state index contributed by atoms with van der Waals surface area (Å²) in [6.45, 7) is 2.11. The summed E-state index contributed by atoms with van der Waals surface area (Å²) in [4.78, 5) is 20.4. The van der Waals surface area contributed by atoms with E-state index in [4.69, 9.17) is 9.26 Å². The van der Waals surface area contributed by atoms with E-state index in [1.807, 2.05) is 24.3 Å². The Kier molecular flexibility index (Phi) is 5.58. The van der Waals surface area contributed by atoms with Crippen LogP contribution in [0.25, 0.3) is 11.4 Å². The van der Waals surface area contributed by atoms with Crippen molar-refractivity contribution >= 4 is 11.6 Å². The molecule has 0 bridgehead atoms. The van der Waals surface area contributed by atoms with Crippen molar-refractivity contribution in [2.24, 2.45) is 0 Å². The van der Waals surface area contributed by atoms with E-state index in [1.165, 1.54) is 12.7 Å². The van der Waals surface area contributed by atoms with Crippen LogP contribution in [0.3, 0.4) is 0 Å². The molecule has 2 aromatic heterocycles. The van der Waals surface area contributed by atoms with Crippen molar-refractivity contribution in [3.8, 4) is 17.3 Å². The van der Waals surface area contributed by atoms with Crippen LogP contribution < -0.4 is 10.1 Å². The third-order valence-corrected chi connectivity index (χ3v) is 3.88. The molecule has 7 nitrogen and oxygen atoms in total. The Morgan fingerprint density at radius 1 is 1.19 bits per heavy atom. The molecule has 0 fully saturated rings. The molecule has 0 saturated carbocycles. The number of methoxy groups -OCH3 is 1. The third kappa shape index (κ3) is 4.44. The second kappa shape index (κ2) is 8.24. The van der Waals surface area contributed by atoms with Gasteiger partial charge in [-0.25, -0.2) is 4.98 Å². The molecule has 1 N–H and O–H groups in total. The fraction of sp³-hybridized carbons (Fsp3) is 0.263. The van der Waals surface area contributed by atoms with Crippen molar-refractivity contribution in [1.82, 2.24) is 15.1 Å². The third-order valence-electron chi connectivity index (χ3n) is 3.88. The highest BCUT2D eigenvalue weighted by atomic mass is 16.5. The van der Waals surface area contributed by atoms with Crippen LogP contribution in [0.15, 0.2) is 47.1 Å². The molecule has 7 heteroatoms. The maximum atomic E-state index is 12.0. The maximum Gasteiger partial charge on any atom is 0.227 e. The number of aromatic nitrogens is 3. The number of ether oxygens (including phenoxy) is 1. The number of carbonyl (C=O) groups is 1. The molecule has 0 spiro atoms. The zero-order valence-electron chi connectivity index (χ0n) is 14.7. The Hall–Kier alpha value is -3.22. The molecular formula is C19H20N4O3. The van der Waals surface area contributed by atoms with Crippen molar-refractivity contribution in [2.45, 2.75) is 26.2 Å². The van der Waals surface area contributed by atoms with Gasteiger partial charge in [-0.05, 0) is 18.1 Å². The highest BCUT2D eigenvalue weighted by Gasteiger charge is 2.11. The smallest absolute Gasteiger partial charge is 0.227 e. The number of hydrogen-bond acceptors (Lipinski definition) is 6. The monoisotopic (exact) mass is 352 g/mol. The molecular weight excluding hydrogens is 332 g/mol. The summed E-state index contributed by atoms with van der Waals surface area (Å²) in [6.07, 6.45) is 3.13. The van der Waals surface area contributed by atoms with E-state index in [1.54, 1.807) is 18.3 Å². The van der Waals surface area contributed by atoms with E-state index < -0.39 is 0 Å². The molecule has 2 heterocycles. The van der Waals surface area contributed by atoms with Crippen molar-refractivity contribution in [3.63, 3.8) is 0 Å². The lowest BCUT2D eigenvalue weighted by Crippen LogP contribution is -2.12. The summed E-state index contributed by atoms with van der Waals surface area (Å²) >= 11 is 0. The predicted octanol–water partition coefficient (Wildman–Crippen LogP) is 3.27. The lowest BCUT2D eigenvalue weighted by molar-refractivity contribution is -0.116. The quantitative estimate of drug-likeness (QED) is 0.702. The van der Waals surface area contributed by atoms with Crippen molar-refractivity contribution in [3.05, 3.63) is 54.0 Å². The average Bonchev–Trinajstić information content (AvgIpc) is 3.16. The molecule has 1 aromatic carbocycles. The first-order valence-corrected chi connectivity index (χ1v) is 8.39.